The second-order valence-electron chi connectivity index (χ2n) is 4.60. The molecule has 0 saturated heterocycles. The van der Waals surface area contributed by atoms with E-state index in [0.717, 1.165) is 5.56 Å². The molecular weight excluding hydrogens is 276 g/mol. The van der Waals surface area contributed by atoms with Crippen molar-refractivity contribution in [1.82, 2.24) is 19.7 Å². The summed E-state index contributed by atoms with van der Waals surface area (Å²) in [7, 11) is 0. The number of halogens is 1. The monoisotopic (exact) mass is 292 g/mol. The smallest absolute Gasteiger partial charge is 0.218 e. The fourth-order valence-electron chi connectivity index (χ4n) is 1.69. The van der Waals surface area contributed by atoms with Crippen molar-refractivity contribution in [3.05, 3.63) is 29.7 Å². The second-order valence-corrected chi connectivity index (χ2v) is 4.91. The number of hydrogen-bond acceptors (Lipinski definition) is 4. The van der Waals surface area contributed by atoms with Crippen LogP contribution in [0.15, 0.2) is 23.3 Å². The minimum Gasteiger partial charge on any atom is -0.368 e. The van der Waals surface area contributed by atoms with Gasteiger partial charge in [0.25, 0.3) is 0 Å². The maximum absolute atomic E-state index is 5.93. The van der Waals surface area contributed by atoms with Crippen molar-refractivity contribution >= 4 is 17.6 Å². The Morgan fingerprint density at radius 2 is 2.25 bits per heavy atom. The van der Waals surface area contributed by atoms with Gasteiger partial charge < -0.3 is 5.73 Å². The Labute approximate surface area is 122 Å². The molecule has 0 aromatic carbocycles. The van der Waals surface area contributed by atoms with Crippen LogP contribution in [-0.2, 0) is 0 Å². The first kappa shape index (κ1) is 14.5. The van der Waals surface area contributed by atoms with Gasteiger partial charge in [-0.2, -0.15) is 4.68 Å². The Kier molecular flexibility index (Phi) is 4.34. The molecule has 2 N–H and O–H groups in total. The maximum Gasteiger partial charge on any atom is 0.218 e. The molecule has 7 heteroatoms. The highest BCUT2D eigenvalue weighted by Crippen LogP contribution is 2.13. The fraction of sp³-hybridized carbons (Fsp3) is 0.385. The molecule has 2 aromatic heterocycles. The molecule has 0 aliphatic carbocycles. The zero-order valence-electron chi connectivity index (χ0n) is 11.7. The highest BCUT2D eigenvalue weighted by Gasteiger charge is 2.12. The van der Waals surface area contributed by atoms with Crippen LogP contribution in [0.1, 0.15) is 18.3 Å². The van der Waals surface area contributed by atoms with Gasteiger partial charge in [-0.1, -0.05) is 0 Å². The first-order valence-corrected chi connectivity index (χ1v) is 6.81. The summed E-state index contributed by atoms with van der Waals surface area (Å²) < 4.78 is 1.50. The Morgan fingerprint density at radius 1 is 1.50 bits per heavy atom. The van der Waals surface area contributed by atoms with Crippen molar-refractivity contribution in [2.45, 2.75) is 26.8 Å². The van der Waals surface area contributed by atoms with Gasteiger partial charge in [-0.05, 0) is 38.5 Å². The van der Waals surface area contributed by atoms with E-state index in [9.17, 15) is 0 Å². The van der Waals surface area contributed by atoms with E-state index in [1.165, 1.54) is 4.68 Å². The van der Waals surface area contributed by atoms with Gasteiger partial charge >= 0.3 is 0 Å². The predicted octanol–water partition coefficient (Wildman–Crippen LogP) is 1.75. The molecule has 0 aliphatic rings. The number of pyridine rings is 1. The maximum atomic E-state index is 5.93. The number of nitrogens with zero attached hydrogens (tertiary/aromatic N) is 5. The first-order valence-electron chi connectivity index (χ1n) is 6.27. The summed E-state index contributed by atoms with van der Waals surface area (Å²) in [6, 6.07) is 3.78. The quantitative estimate of drug-likeness (QED) is 0.531. The number of aryl methyl sites for hydroxylation is 2. The summed E-state index contributed by atoms with van der Waals surface area (Å²) in [5, 5.41) is 4.35. The van der Waals surface area contributed by atoms with Gasteiger partial charge in [0.2, 0.25) is 11.8 Å². The van der Waals surface area contributed by atoms with E-state index < -0.39 is 0 Å². The van der Waals surface area contributed by atoms with Crippen molar-refractivity contribution in [1.29, 1.82) is 0 Å². The molecule has 0 fully saturated rings. The summed E-state index contributed by atoms with van der Waals surface area (Å²) in [6.07, 6.45) is 1.73. The summed E-state index contributed by atoms with van der Waals surface area (Å²) in [5.74, 6) is 1.87. The van der Waals surface area contributed by atoms with Gasteiger partial charge in [0.15, 0.2) is 0 Å². The molecule has 0 radical (unpaired) electrons. The van der Waals surface area contributed by atoms with E-state index in [2.05, 4.69) is 20.1 Å². The highest BCUT2D eigenvalue weighted by atomic mass is 35.5. The minimum atomic E-state index is -0.0687. The molecule has 20 heavy (non-hydrogen) atoms. The number of nitrogens with two attached hydrogens (primary N) is 1. The normalized spacial score (nSPS) is 13.5. The average Bonchev–Trinajstić information content (AvgIpc) is 2.80. The van der Waals surface area contributed by atoms with E-state index >= 15 is 0 Å². The van der Waals surface area contributed by atoms with Gasteiger partial charge in [-0.15, -0.1) is 16.7 Å². The predicted molar refractivity (Wildman–Crippen MR) is 79.9 cm³/mol. The van der Waals surface area contributed by atoms with Gasteiger partial charge in [-0.3, -0.25) is 4.98 Å². The summed E-state index contributed by atoms with van der Waals surface area (Å²) >= 11 is 5.72. The van der Waals surface area contributed by atoms with E-state index in [4.69, 9.17) is 17.3 Å². The van der Waals surface area contributed by atoms with Crippen LogP contribution in [-0.4, -0.2) is 37.6 Å². The van der Waals surface area contributed by atoms with Crippen LogP contribution in [0.25, 0.3) is 11.5 Å². The Bertz CT molecular complexity index is 634. The summed E-state index contributed by atoms with van der Waals surface area (Å²) in [6.45, 7) is 5.70. The third-order valence-corrected chi connectivity index (χ3v) is 3.15. The number of alkyl halides is 1. The van der Waals surface area contributed by atoms with Gasteiger partial charge in [0.05, 0.1) is 6.04 Å². The molecule has 0 saturated carbocycles. The van der Waals surface area contributed by atoms with Crippen LogP contribution in [0.5, 0.6) is 0 Å². The lowest BCUT2D eigenvalue weighted by molar-refractivity contribution is 0.800. The molecule has 0 bridgehead atoms. The Morgan fingerprint density at radius 3 is 2.90 bits per heavy atom. The molecular formula is C13H17ClN6. The van der Waals surface area contributed by atoms with Crippen LogP contribution >= 0.6 is 11.6 Å². The van der Waals surface area contributed by atoms with Crippen LogP contribution in [0.2, 0.25) is 0 Å². The third kappa shape index (κ3) is 3.14. The van der Waals surface area contributed by atoms with Crippen LogP contribution in [0.3, 0.4) is 0 Å². The van der Waals surface area contributed by atoms with E-state index in [1.807, 2.05) is 32.9 Å². The Hall–Kier alpha value is -1.95. The minimum absolute atomic E-state index is 0.0687. The lowest BCUT2D eigenvalue weighted by atomic mass is 10.2. The molecule has 1 unspecified atom stereocenters. The molecule has 0 amide bonds. The van der Waals surface area contributed by atoms with Gasteiger partial charge in [-0.25, -0.2) is 9.98 Å². The zero-order valence-corrected chi connectivity index (χ0v) is 12.5. The molecule has 0 aliphatic heterocycles. The number of aliphatic imine (C=N–C) groups is 1. The molecule has 2 aromatic rings. The largest absolute Gasteiger partial charge is 0.368 e. The topological polar surface area (TPSA) is 82.0 Å². The van der Waals surface area contributed by atoms with E-state index in [0.29, 0.717) is 23.2 Å². The third-order valence-electron chi connectivity index (χ3n) is 2.71. The lowest BCUT2D eigenvalue weighted by Gasteiger charge is -2.04. The van der Waals surface area contributed by atoms with E-state index in [-0.39, 0.29) is 12.0 Å². The highest BCUT2D eigenvalue weighted by molar-refractivity contribution is 6.18. The van der Waals surface area contributed by atoms with Gasteiger partial charge in [0, 0.05) is 12.1 Å². The van der Waals surface area contributed by atoms with Crippen LogP contribution < -0.4 is 5.73 Å². The SMILES string of the molecule is Cc1ccnc(-c2nc(C)n(/C(N)=N\C(C)CCl)n2)c1. The van der Waals surface area contributed by atoms with Crippen molar-refractivity contribution in [3.8, 4) is 11.5 Å². The number of aromatic nitrogens is 4. The average molecular weight is 293 g/mol. The molecule has 2 rings (SSSR count). The molecule has 2 heterocycles. The zero-order chi connectivity index (χ0) is 14.7. The number of rotatable bonds is 3. The van der Waals surface area contributed by atoms with Crippen molar-refractivity contribution < 1.29 is 0 Å². The lowest BCUT2D eigenvalue weighted by Crippen LogP contribution is -2.27. The molecule has 6 nitrogen and oxygen atoms in total. The number of hydrogen-bond donors (Lipinski definition) is 1. The summed E-state index contributed by atoms with van der Waals surface area (Å²) in [5.41, 5.74) is 7.74. The molecule has 106 valence electrons. The van der Waals surface area contributed by atoms with Crippen LogP contribution in [0.4, 0.5) is 0 Å². The summed E-state index contributed by atoms with van der Waals surface area (Å²) in [4.78, 5) is 12.9. The Balaban J connectivity index is 2.37. The van der Waals surface area contributed by atoms with Crippen molar-refractivity contribution in [2.75, 3.05) is 5.88 Å². The second kappa shape index (κ2) is 6.00. The standard InChI is InChI=1S/C13H17ClN6/c1-8-4-5-16-11(6-8)12-18-10(3)20(19-12)13(15)17-9(2)7-14/h4-6,9H,7H2,1-3H3,(H2,15,17). The van der Waals surface area contributed by atoms with Crippen molar-refractivity contribution in [2.24, 2.45) is 10.7 Å². The van der Waals surface area contributed by atoms with E-state index in [1.54, 1.807) is 6.20 Å². The molecule has 0 spiro atoms. The van der Waals surface area contributed by atoms with Crippen molar-refractivity contribution in [3.63, 3.8) is 0 Å². The van der Waals surface area contributed by atoms with Crippen LogP contribution in [0, 0.1) is 13.8 Å². The first-order chi connectivity index (χ1) is 9.51. The molecule has 1 atom stereocenters. The van der Waals surface area contributed by atoms with Gasteiger partial charge in [0.1, 0.15) is 11.5 Å². The fourth-order valence-corrected chi connectivity index (χ4v) is 1.76.